The quantitative estimate of drug-likeness (QED) is 0.693. The maximum absolute atomic E-state index is 11.4. The van der Waals surface area contributed by atoms with Gasteiger partial charge in [-0.25, -0.2) is 0 Å². The Balaban J connectivity index is 2.26. The van der Waals surface area contributed by atoms with E-state index in [0.29, 0.717) is 13.0 Å². The molecule has 1 aromatic rings. The highest BCUT2D eigenvalue weighted by Gasteiger charge is 2.05. The Morgan fingerprint density at radius 3 is 2.56 bits per heavy atom. The second-order valence-corrected chi connectivity index (χ2v) is 4.37. The van der Waals surface area contributed by atoms with Crippen LogP contribution in [-0.2, 0) is 4.79 Å². The van der Waals surface area contributed by atoms with Gasteiger partial charge in [-0.05, 0) is 31.0 Å². The maximum atomic E-state index is 11.4. The third kappa shape index (κ3) is 5.19. The molecule has 0 radical (unpaired) electrons. The highest BCUT2D eigenvalue weighted by atomic mass is 16.3. The van der Waals surface area contributed by atoms with Gasteiger partial charge in [0, 0.05) is 25.6 Å². The lowest BCUT2D eigenvalue weighted by molar-refractivity contribution is -0.121. The highest BCUT2D eigenvalue weighted by molar-refractivity contribution is 5.75. The van der Waals surface area contributed by atoms with E-state index >= 15 is 0 Å². The summed E-state index contributed by atoms with van der Waals surface area (Å²) in [6.07, 6.45) is 1.45. The number of rotatable bonds is 7. The van der Waals surface area contributed by atoms with Crippen molar-refractivity contribution in [2.75, 3.05) is 13.1 Å². The molecule has 0 saturated heterocycles. The molecule has 0 spiro atoms. The van der Waals surface area contributed by atoms with Crippen LogP contribution in [0, 0.1) is 0 Å². The Bertz CT molecular complexity index is 363. The van der Waals surface area contributed by atoms with Crippen LogP contribution in [0.3, 0.4) is 0 Å². The fourth-order valence-electron chi connectivity index (χ4n) is 1.64. The first-order chi connectivity index (χ1) is 8.63. The number of carbonyl (C=O) groups is 1. The first kappa shape index (κ1) is 14.5. The van der Waals surface area contributed by atoms with Crippen molar-refractivity contribution in [3.05, 3.63) is 29.8 Å². The topological polar surface area (TPSA) is 61.4 Å². The Labute approximate surface area is 108 Å². The van der Waals surface area contributed by atoms with Gasteiger partial charge in [-0.1, -0.05) is 19.1 Å². The zero-order valence-electron chi connectivity index (χ0n) is 11.1. The van der Waals surface area contributed by atoms with Crippen LogP contribution in [0.25, 0.3) is 0 Å². The van der Waals surface area contributed by atoms with Gasteiger partial charge in [0.15, 0.2) is 0 Å². The van der Waals surface area contributed by atoms with E-state index in [1.165, 1.54) is 0 Å². The van der Waals surface area contributed by atoms with Crippen LogP contribution in [0.15, 0.2) is 24.3 Å². The monoisotopic (exact) mass is 250 g/mol. The number of amides is 1. The average molecular weight is 250 g/mol. The van der Waals surface area contributed by atoms with E-state index in [2.05, 4.69) is 10.6 Å². The molecular formula is C14H22N2O2. The first-order valence-corrected chi connectivity index (χ1v) is 6.42. The summed E-state index contributed by atoms with van der Waals surface area (Å²) in [5, 5.41) is 15.3. The van der Waals surface area contributed by atoms with Crippen LogP contribution < -0.4 is 10.6 Å². The molecule has 100 valence electrons. The highest BCUT2D eigenvalue weighted by Crippen LogP contribution is 2.15. The minimum absolute atomic E-state index is 0.0854. The van der Waals surface area contributed by atoms with Gasteiger partial charge in [-0.2, -0.15) is 0 Å². The number of nitrogens with one attached hydrogen (secondary N) is 2. The number of phenolic OH excluding ortho intramolecular Hbond substituents is 1. The molecule has 0 aromatic heterocycles. The number of hydrogen-bond acceptors (Lipinski definition) is 3. The standard InChI is InChI=1S/C14H22N2O2/c1-3-9-16-14(18)8-10-15-11(2)12-4-6-13(17)7-5-12/h4-7,11,15,17H,3,8-10H2,1-2H3,(H,16,18). The minimum atomic E-state index is 0.0854. The second kappa shape index (κ2) is 7.71. The lowest BCUT2D eigenvalue weighted by Gasteiger charge is -2.14. The summed E-state index contributed by atoms with van der Waals surface area (Å²) in [6, 6.07) is 7.27. The van der Waals surface area contributed by atoms with E-state index in [0.717, 1.165) is 18.5 Å². The zero-order valence-corrected chi connectivity index (χ0v) is 11.1. The van der Waals surface area contributed by atoms with Crippen LogP contribution in [0.2, 0.25) is 0 Å². The largest absolute Gasteiger partial charge is 0.508 e. The third-order valence-electron chi connectivity index (χ3n) is 2.77. The normalized spacial score (nSPS) is 12.1. The van der Waals surface area contributed by atoms with E-state index in [1.807, 2.05) is 26.0 Å². The molecule has 4 nitrogen and oxygen atoms in total. The summed E-state index contributed by atoms with van der Waals surface area (Å²) in [7, 11) is 0. The Hall–Kier alpha value is -1.55. The molecule has 1 aromatic carbocycles. The van der Waals surface area contributed by atoms with Gasteiger partial charge in [-0.15, -0.1) is 0 Å². The Kier molecular flexibility index (Phi) is 6.22. The van der Waals surface area contributed by atoms with Crippen LogP contribution in [0.4, 0.5) is 0 Å². The minimum Gasteiger partial charge on any atom is -0.508 e. The number of benzene rings is 1. The van der Waals surface area contributed by atoms with E-state index in [1.54, 1.807) is 12.1 Å². The summed E-state index contributed by atoms with van der Waals surface area (Å²) in [5.74, 6) is 0.354. The van der Waals surface area contributed by atoms with Gasteiger partial charge >= 0.3 is 0 Å². The predicted molar refractivity (Wildman–Crippen MR) is 72.4 cm³/mol. The number of phenols is 1. The van der Waals surface area contributed by atoms with Crippen molar-refractivity contribution in [2.24, 2.45) is 0 Å². The van der Waals surface area contributed by atoms with Gasteiger partial charge in [0.2, 0.25) is 5.91 Å². The molecule has 0 heterocycles. The van der Waals surface area contributed by atoms with Gasteiger partial charge < -0.3 is 15.7 Å². The van der Waals surface area contributed by atoms with Crippen LogP contribution >= 0.6 is 0 Å². The lowest BCUT2D eigenvalue weighted by Crippen LogP contribution is -2.29. The van der Waals surface area contributed by atoms with E-state index in [4.69, 9.17) is 0 Å². The van der Waals surface area contributed by atoms with Gasteiger partial charge in [0.1, 0.15) is 5.75 Å². The van der Waals surface area contributed by atoms with Crippen LogP contribution in [0.5, 0.6) is 5.75 Å². The Morgan fingerprint density at radius 2 is 1.94 bits per heavy atom. The molecule has 3 N–H and O–H groups in total. The van der Waals surface area contributed by atoms with E-state index in [-0.39, 0.29) is 17.7 Å². The molecular weight excluding hydrogens is 228 g/mol. The molecule has 18 heavy (non-hydrogen) atoms. The first-order valence-electron chi connectivity index (χ1n) is 6.42. The zero-order chi connectivity index (χ0) is 13.4. The molecule has 1 unspecified atom stereocenters. The Morgan fingerprint density at radius 1 is 1.28 bits per heavy atom. The lowest BCUT2D eigenvalue weighted by atomic mass is 10.1. The van der Waals surface area contributed by atoms with Crippen molar-refractivity contribution in [1.82, 2.24) is 10.6 Å². The van der Waals surface area contributed by atoms with Crippen molar-refractivity contribution in [3.8, 4) is 5.75 Å². The molecule has 1 rings (SSSR count). The fourth-order valence-corrected chi connectivity index (χ4v) is 1.64. The van der Waals surface area contributed by atoms with Crippen molar-refractivity contribution in [1.29, 1.82) is 0 Å². The smallest absolute Gasteiger partial charge is 0.221 e. The van der Waals surface area contributed by atoms with E-state index < -0.39 is 0 Å². The van der Waals surface area contributed by atoms with E-state index in [9.17, 15) is 9.90 Å². The second-order valence-electron chi connectivity index (χ2n) is 4.37. The number of carbonyl (C=O) groups excluding carboxylic acids is 1. The molecule has 1 amide bonds. The van der Waals surface area contributed by atoms with Gasteiger partial charge in [-0.3, -0.25) is 4.79 Å². The van der Waals surface area contributed by atoms with Crippen molar-refractivity contribution >= 4 is 5.91 Å². The average Bonchev–Trinajstić information content (AvgIpc) is 2.37. The number of aromatic hydroxyl groups is 1. The maximum Gasteiger partial charge on any atom is 0.221 e. The summed E-state index contributed by atoms with van der Waals surface area (Å²) in [6.45, 7) is 5.46. The van der Waals surface area contributed by atoms with Crippen LogP contribution in [-0.4, -0.2) is 24.1 Å². The van der Waals surface area contributed by atoms with Crippen molar-refractivity contribution in [2.45, 2.75) is 32.7 Å². The van der Waals surface area contributed by atoms with Gasteiger partial charge in [0.25, 0.3) is 0 Å². The molecule has 0 fully saturated rings. The molecule has 0 aliphatic carbocycles. The summed E-state index contributed by atoms with van der Waals surface area (Å²) >= 11 is 0. The third-order valence-corrected chi connectivity index (χ3v) is 2.77. The summed E-state index contributed by atoms with van der Waals surface area (Å²) in [5.41, 5.74) is 1.10. The van der Waals surface area contributed by atoms with Gasteiger partial charge in [0.05, 0.1) is 0 Å². The summed E-state index contributed by atoms with van der Waals surface area (Å²) in [4.78, 5) is 11.4. The number of hydrogen-bond donors (Lipinski definition) is 3. The summed E-state index contributed by atoms with van der Waals surface area (Å²) < 4.78 is 0. The SMILES string of the molecule is CCCNC(=O)CCNC(C)c1ccc(O)cc1. The van der Waals surface area contributed by atoms with Crippen LogP contribution in [0.1, 0.15) is 38.3 Å². The molecule has 0 bridgehead atoms. The molecule has 0 saturated carbocycles. The van der Waals surface area contributed by atoms with Crippen molar-refractivity contribution < 1.29 is 9.90 Å². The molecule has 1 atom stereocenters. The predicted octanol–water partition coefficient (Wildman–Crippen LogP) is 1.96. The van der Waals surface area contributed by atoms with Crippen molar-refractivity contribution in [3.63, 3.8) is 0 Å². The molecule has 4 heteroatoms. The molecule has 0 aliphatic heterocycles. The molecule has 0 aliphatic rings. The fraction of sp³-hybridized carbons (Fsp3) is 0.500.